The fourth-order valence-corrected chi connectivity index (χ4v) is 3.75. The van der Waals surface area contributed by atoms with E-state index in [0.717, 1.165) is 20.2 Å². The van der Waals surface area contributed by atoms with Gasteiger partial charge in [0.25, 0.3) is 5.91 Å². The maximum atomic E-state index is 12.3. The van der Waals surface area contributed by atoms with E-state index < -0.39 is 0 Å². The van der Waals surface area contributed by atoms with Crippen molar-refractivity contribution in [3.05, 3.63) is 85.9 Å². The monoisotopic (exact) mass is 491 g/mol. The van der Waals surface area contributed by atoms with Crippen molar-refractivity contribution in [1.29, 1.82) is 0 Å². The molecule has 0 spiro atoms. The quantitative estimate of drug-likeness (QED) is 0.387. The summed E-state index contributed by atoms with van der Waals surface area (Å²) in [6, 6.07) is 15.2. The van der Waals surface area contributed by atoms with E-state index in [1.54, 1.807) is 12.1 Å². The van der Waals surface area contributed by atoms with Gasteiger partial charge in [-0.05, 0) is 42.0 Å². The van der Waals surface area contributed by atoms with E-state index in [1.807, 2.05) is 52.4 Å². The number of amides is 1. The Morgan fingerprint density at radius 2 is 1.73 bits per heavy atom. The van der Waals surface area contributed by atoms with Crippen molar-refractivity contribution in [2.45, 2.75) is 6.54 Å². The van der Waals surface area contributed by atoms with Gasteiger partial charge in [0.1, 0.15) is 0 Å². The smallest absolute Gasteiger partial charge is 0.271 e. The lowest BCUT2D eigenvalue weighted by atomic mass is 10.2. The Kier molecular flexibility index (Phi) is 6.24. The summed E-state index contributed by atoms with van der Waals surface area (Å²) >= 11 is 8.28. The van der Waals surface area contributed by atoms with Crippen molar-refractivity contribution in [1.82, 2.24) is 9.99 Å². The third-order valence-corrected chi connectivity index (χ3v) is 5.53. The number of thiazole rings is 1. The number of allylic oxidation sites excluding steroid dienone is 1. The first-order chi connectivity index (χ1) is 12.6. The molecule has 0 aliphatic heterocycles. The summed E-state index contributed by atoms with van der Waals surface area (Å²) in [7, 11) is 0. The zero-order chi connectivity index (χ0) is 18.5. The van der Waals surface area contributed by atoms with Gasteiger partial charge in [0.15, 0.2) is 0 Å². The molecule has 0 atom stereocenters. The molecule has 0 unspecified atom stereocenters. The summed E-state index contributed by atoms with van der Waals surface area (Å²) in [6.45, 7) is 4.42. The average molecular weight is 493 g/mol. The van der Waals surface area contributed by atoms with Crippen LogP contribution in [0, 0.1) is 0 Å². The van der Waals surface area contributed by atoms with E-state index in [4.69, 9.17) is 0 Å². The molecule has 0 bridgehead atoms. The zero-order valence-electron chi connectivity index (χ0n) is 13.7. The van der Waals surface area contributed by atoms with E-state index in [0.29, 0.717) is 16.9 Å². The van der Waals surface area contributed by atoms with Gasteiger partial charge in [0.05, 0.1) is 5.69 Å². The number of carbonyl (C=O) groups is 1. The van der Waals surface area contributed by atoms with Crippen LogP contribution in [-0.2, 0) is 6.54 Å². The van der Waals surface area contributed by atoms with Crippen molar-refractivity contribution in [3.63, 3.8) is 0 Å². The van der Waals surface area contributed by atoms with Crippen molar-refractivity contribution >= 4 is 49.1 Å². The first kappa shape index (κ1) is 18.8. The predicted octanol–water partition coefficient (Wildman–Crippen LogP) is 5.17. The number of aromatic nitrogens is 1. The van der Waals surface area contributed by atoms with E-state index in [-0.39, 0.29) is 5.91 Å². The van der Waals surface area contributed by atoms with Crippen molar-refractivity contribution in [3.8, 4) is 11.3 Å². The largest absolute Gasteiger partial charge is 0.311 e. The Labute approximate surface area is 172 Å². The van der Waals surface area contributed by atoms with Crippen LogP contribution in [0.3, 0.4) is 0 Å². The van der Waals surface area contributed by atoms with Gasteiger partial charge in [0, 0.05) is 26.4 Å². The Morgan fingerprint density at radius 3 is 2.35 bits per heavy atom. The Balaban J connectivity index is 1.90. The third-order valence-electron chi connectivity index (χ3n) is 3.61. The van der Waals surface area contributed by atoms with Crippen LogP contribution < -0.4 is 10.2 Å². The molecule has 132 valence electrons. The summed E-state index contributed by atoms with van der Waals surface area (Å²) in [6.07, 6.45) is 1.81. The number of rotatable bonds is 5. The number of nitrogens with zero attached hydrogens (tertiary/aromatic N) is 2. The molecule has 0 radical (unpaired) electrons. The number of halogens is 2. The number of hydrogen-bond acceptors (Lipinski definition) is 3. The lowest BCUT2D eigenvalue weighted by Gasteiger charge is -2.07. The van der Waals surface area contributed by atoms with Crippen LogP contribution in [0.15, 0.2) is 80.6 Å². The zero-order valence-corrected chi connectivity index (χ0v) is 17.6. The second-order valence-corrected chi connectivity index (χ2v) is 8.04. The summed E-state index contributed by atoms with van der Waals surface area (Å²) in [4.78, 5) is 13.0. The van der Waals surface area contributed by atoms with Crippen molar-refractivity contribution in [2.75, 3.05) is 0 Å². The Hall–Kier alpha value is -1.96. The molecule has 3 aromatic rings. The maximum absolute atomic E-state index is 12.3. The molecule has 4 nitrogen and oxygen atoms in total. The number of benzene rings is 2. The van der Waals surface area contributed by atoms with Crippen LogP contribution in [0.25, 0.3) is 11.3 Å². The molecule has 7 heteroatoms. The fourth-order valence-electron chi connectivity index (χ4n) is 2.34. The van der Waals surface area contributed by atoms with Crippen molar-refractivity contribution < 1.29 is 4.79 Å². The minimum absolute atomic E-state index is 0.249. The van der Waals surface area contributed by atoms with Crippen LogP contribution in [0.1, 0.15) is 10.4 Å². The molecule has 1 N–H and O–H groups in total. The molecule has 0 fully saturated rings. The molecule has 1 amide bonds. The molecular formula is C19H15Br2N3OS. The van der Waals surface area contributed by atoms with Gasteiger partial charge in [-0.1, -0.05) is 50.1 Å². The molecule has 1 aromatic heterocycles. The second-order valence-electron chi connectivity index (χ2n) is 5.37. The molecule has 0 aliphatic rings. The number of hydrogen-bond donors (Lipinski definition) is 1. The molecule has 3 rings (SSSR count). The van der Waals surface area contributed by atoms with Gasteiger partial charge in [-0.2, -0.15) is 0 Å². The standard InChI is InChI=1S/C19H15Br2N3OS/c1-2-11-24-17(13-3-7-15(20)8-4-13)12-26-19(24)23-22-18(25)14-5-9-16(21)10-6-14/h2-10,12H,1,11H2,(H,22,25)/b23-19+. The van der Waals surface area contributed by atoms with Gasteiger partial charge in [-0.15, -0.1) is 23.0 Å². The van der Waals surface area contributed by atoms with Crippen LogP contribution >= 0.6 is 43.2 Å². The highest BCUT2D eigenvalue weighted by Gasteiger charge is 2.08. The lowest BCUT2D eigenvalue weighted by molar-refractivity contribution is 0.0953. The van der Waals surface area contributed by atoms with Gasteiger partial charge in [-0.25, -0.2) is 5.43 Å². The predicted molar refractivity (Wildman–Crippen MR) is 113 cm³/mol. The van der Waals surface area contributed by atoms with Crippen LogP contribution in [0.4, 0.5) is 0 Å². The van der Waals surface area contributed by atoms with Gasteiger partial charge < -0.3 is 4.57 Å². The molecule has 0 aliphatic carbocycles. The summed E-state index contributed by atoms with van der Waals surface area (Å²) in [5.74, 6) is -0.249. The fraction of sp³-hybridized carbons (Fsp3) is 0.0526. The average Bonchev–Trinajstić information content (AvgIpc) is 3.04. The van der Waals surface area contributed by atoms with Gasteiger partial charge in [0.2, 0.25) is 4.80 Å². The van der Waals surface area contributed by atoms with E-state index in [1.165, 1.54) is 11.3 Å². The lowest BCUT2D eigenvalue weighted by Crippen LogP contribution is -2.24. The molecule has 26 heavy (non-hydrogen) atoms. The molecule has 0 saturated carbocycles. The first-order valence-electron chi connectivity index (χ1n) is 7.73. The molecule has 0 saturated heterocycles. The van der Waals surface area contributed by atoms with Gasteiger partial charge in [-0.3, -0.25) is 4.79 Å². The molecular weight excluding hydrogens is 478 g/mol. The summed E-state index contributed by atoms with van der Waals surface area (Å²) in [5, 5.41) is 6.33. The van der Waals surface area contributed by atoms with Crippen LogP contribution in [-0.4, -0.2) is 10.5 Å². The Bertz CT molecular complexity index is 989. The summed E-state index contributed by atoms with van der Waals surface area (Å²) in [5.41, 5.74) is 5.28. The van der Waals surface area contributed by atoms with Crippen LogP contribution in [0.2, 0.25) is 0 Å². The minimum Gasteiger partial charge on any atom is -0.311 e. The molecule has 2 aromatic carbocycles. The number of carbonyl (C=O) groups excluding carboxylic acids is 1. The normalized spacial score (nSPS) is 11.4. The Morgan fingerprint density at radius 1 is 1.12 bits per heavy atom. The van der Waals surface area contributed by atoms with Crippen LogP contribution in [0.5, 0.6) is 0 Å². The highest BCUT2D eigenvalue weighted by atomic mass is 79.9. The van der Waals surface area contributed by atoms with E-state index in [2.05, 4.69) is 49.0 Å². The van der Waals surface area contributed by atoms with E-state index in [9.17, 15) is 4.79 Å². The highest BCUT2D eigenvalue weighted by molar-refractivity contribution is 9.10. The summed E-state index contributed by atoms with van der Waals surface area (Å²) < 4.78 is 3.97. The first-order valence-corrected chi connectivity index (χ1v) is 10.2. The van der Waals surface area contributed by atoms with Crippen molar-refractivity contribution in [2.24, 2.45) is 5.10 Å². The maximum Gasteiger partial charge on any atom is 0.271 e. The SMILES string of the molecule is C=CCn1c(-c2ccc(Br)cc2)cs/c1=N/NC(=O)c1ccc(Br)cc1. The molecule has 1 heterocycles. The highest BCUT2D eigenvalue weighted by Crippen LogP contribution is 2.22. The third kappa shape index (κ3) is 4.41. The number of nitrogens with one attached hydrogen (secondary N) is 1. The second kappa shape index (κ2) is 8.62. The van der Waals surface area contributed by atoms with E-state index >= 15 is 0 Å². The topological polar surface area (TPSA) is 46.4 Å². The van der Waals surface area contributed by atoms with Gasteiger partial charge >= 0.3 is 0 Å². The minimum atomic E-state index is -0.249.